The zero-order valence-corrected chi connectivity index (χ0v) is 18.7. The number of ether oxygens (including phenoxy) is 1. The third-order valence-electron chi connectivity index (χ3n) is 5.71. The highest BCUT2D eigenvalue weighted by molar-refractivity contribution is 6.34. The summed E-state index contributed by atoms with van der Waals surface area (Å²) >= 11 is 6.00. The number of anilines is 1. The van der Waals surface area contributed by atoms with Crippen LogP contribution in [0.25, 0.3) is 0 Å². The maximum absolute atomic E-state index is 13.2. The van der Waals surface area contributed by atoms with Gasteiger partial charge in [0, 0.05) is 37.3 Å². The van der Waals surface area contributed by atoms with Crippen LogP contribution in [-0.2, 0) is 6.54 Å². The molecule has 6 heteroatoms. The van der Waals surface area contributed by atoms with E-state index in [-0.39, 0.29) is 16.7 Å². The summed E-state index contributed by atoms with van der Waals surface area (Å²) < 4.78 is 19.5. The Bertz CT molecular complexity index is 1080. The molecule has 1 N–H and O–H groups in total. The van der Waals surface area contributed by atoms with Crippen molar-refractivity contribution in [2.45, 2.75) is 26.0 Å². The standard InChI is InChI=1S/C26H26ClFN2O2/c1-18-16-30(17-19-6-3-2-4-7-19)13-12-25(18)32-22-9-5-8-21(15-22)29-26(31)23-11-10-20(28)14-24(23)27/h2-11,14-15,18,25H,12-13,16-17H2,1H3,(H,29,31)/t18-,25-/m1/s1. The molecule has 166 valence electrons. The zero-order valence-electron chi connectivity index (χ0n) is 17.9. The molecule has 0 unspecified atom stereocenters. The van der Waals surface area contributed by atoms with E-state index in [0.29, 0.717) is 17.4 Å². The van der Waals surface area contributed by atoms with Crippen LogP contribution in [0, 0.1) is 11.7 Å². The van der Waals surface area contributed by atoms with Gasteiger partial charge in [0.05, 0.1) is 10.6 Å². The molecule has 1 aliphatic rings. The summed E-state index contributed by atoms with van der Waals surface area (Å²) in [6.07, 6.45) is 1.05. The van der Waals surface area contributed by atoms with Gasteiger partial charge in [-0.3, -0.25) is 9.69 Å². The lowest BCUT2D eigenvalue weighted by atomic mass is 9.96. The SMILES string of the molecule is C[C@@H]1CN(Cc2ccccc2)CC[C@H]1Oc1cccc(NC(=O)c2ccc(F)cc2Cl)c1. The second kappa shape index (κ2) is 10.2. The topological polar surface area (TPSA) is 41.6 Å². The van der Waals surface area contributed by atoms with E-state index in [1.54, 1.807) is 12.1 Å². The summed E-state index contributed by atoms with van der Waals surface area (Å²) in [6.45, 7) is 5.11. The molecule has 3 aromatic carbocycles. The molecule has 4 rings (SSSR count). The molecule has 0 aliphatic carbocycles. The molecule has 0 bridgehead atoms. The molecule has 1 amide bonds. The molecular formula is C26H26ClFN2O2. The number of halogens is 2. The van der Waals surface area contributed by atoms with Crippen molar-refractivity contribution in [3.05, 3.63) is 94.8 Å². The normalized spacial score (nSPS) is 18.8. The molecule has 1 fully saturated rings. The molecule has 1 saturated heterocycles. The van der Waals surface area contributed by atoms with Crippen molar-refractivity contribution in [2.24, 2.45) is 5.92 Å². The lowest BCUT2D eigenvalue weighted by molar-refractivity contribution is 0.0490. The summed E-state index contributed by atoms with van der Waals surface area (Å²) in [6, 6.07) is 21.5. The lowest BCUT2D eigenvalue weighted by Crippen LogP contribution is -2.43. The Morgan fingerprint density at radius 2 is 1.94 bits per heavy atom. The summed E-state index contributed by atoms with van der Waals surface area (Å²) in [7, 11) is 0. The molecule has 0 aromatic heterocycles. The number of nitrogens with one attached hydrogen (secondary N) is 1. The van der Waals surface area contributed by atoms with Gasteiger partial charge >= 0.3 is 0 Å². The largest absolute Gasteiger partial charge is 0.490 e. The minimum absolute atomic E-state index is 0.0750. The van der Waals surface area contributed by atoms with Gasteiger partial charge in [-0.05, 0) is 42.3 Å². The van der Waals surface area contributed by atoms with Crippen LogP contribution in [0.1, 0.15) is 29.3 Å². The van der Waals surface area contributed by atoms with Crippen LogP contribution in [0.2, 0.25) is 5.02 Å². The molecule has 0 spiro atoms. The number of amides is 1. The number of likely N-dealkylation sites (tertiary alicyclic amines) is 1. The van der Waals surface area contributed by atoms with Gasteiger partial charge in [0.2, 0.25) is 0 Å². The molecule has 3 aromatic rings. The van der Waals surface area contributed by atoms with E-state index >= 15 is 0 Å². The average Bonchev–Trinajstić information content (AvgIpc) is 2.76. The minimum atomic E-state index is -0.481. The zero-order chi connectivity index (χ0) is 22.5. The highest BCUT2D eigenvalue weighted by Crippen LogP contribution is 2.26. The Morgan fingerprint density at radius 3 is 2.69 bits per heavy atom. The fraction of sp³-hybridized carbons (Fsp3) is 0.269. The fourth-order valence-electron chi connectivity index (χ4n) is 4.06. The van der Waals surface area contributed by atoms with Crippen LogP contribution in [0.5, 0.6) is 5.75 Å². The van der Waals surface area contributed by atoms with Crippen molar-refractivity contribution in [3.8, 4) is 5.75 Å². The van der Waals surface area contributed by atoms with Crippen LogP contribution in [0.4, 0.5) is 10.1 Å². The van der Waals surface area contributed by atoms with Gasteiger partial charge < -0.3 is 10.1 Å². The quantitative estimate of drug-likeness (QED) is 0.497. The van der Waals surface area contributed by atoms with Crippen molar-refractivity contribution < 1.29 is 13.9 Å². The van der Waals surface area contributed by atoms with Crippen molar-refractivity contribution >= 4 is 23.2 Å². The van der Waals surface area contributed by atoms with Gasteiger partial charge in [0.15, 0.2) is 0 Å². The van der Waals surface area contributed by atoms with E-state index in [1.165, 1.54) is 17.7 Å². The van der Waals surface area contributed by atoms with Gasteiger partial charge in [-0.1, -0.05) is 54.9 Å². The number of rotatable bonds is 6. The first-order chi connectivity index (χ1) is 15.5. The van der Waals surface area contributed by atoms with Crippen LogP contribution in [0.15, 0.2) is 72.8 Å². The van der Waals surface area contributed by atoms with Gasteiger partial charge in [0.1, 0.15) is 17.7 Å². The summed E-state index contributed by atoms with van der Waals surface area (Å²) in [5.74, 6) is 0.214. The molecule has 32 heavy (non-hydrogen) atoms. The Kier molecular flexibility index (Phi) is 7.08. The highest BCUT2D eigenvalue weighted by atomic mass is 35.5. The van der Waals surface area contributed by atoms with E-state index in [4.69, 9.17) is 16.3 Å². The average molecular weight is 453 g/mol. The maximum Gasteiger partial charge on any atom is 0.257 e. The molecule has 0 radical (unpaired) electrons. The van der Waals surface area contributed by atoms with E-state index in [2.05, 4.69) is 41.4 Å². The van der Waals surface area contributed by atoms with Crippen LogP contribution < -0.4 is 10.1 Å². The number of hydrogen-bond donors (Lipinski definition) is 1. The lowest BCUT2D eigenvalue weighted by Gasteiger charge is -2.37. The van der Waals surface area contributed by atoms with E-state index in [0.717, 1.165) is 32.1 Å². The second-order valence-electron chi connectivity index (χ2n) is 8.25. The third-order valence-corrected chi connectivity index (χ3v) is 6.03. The van der Waals surface area contributed by atoms with Crippen molar-refractivity contribution in [2.75, 3.05) is 18.4 Å². The van der Waals surface area contributed by atoms with Gasteiger partial charge in [0.25, 0.3) is 5.91 Å². The summed E-state index contributed by atoms with van der Waals surface area (Å²) in [5.41, 5.74) is 2.14. The predicted octanol–water partition coefficient (Wildman–Crippen LogP) is 6.02. The van der Waals surface area contributed by atoms with Crippen LogP contribution in [0.3, 0.4) is 0 Å². The predicted molar refractivity (Wildman–Crippen MR) is 126 cm³/mol. The van der Waals surface area contributed by atoms with Gasteiger partial charge in [-0.25, -0.2) is 4.39 Å². The Balaban J connectivity index is 1.35. The first-order valence-electron chi connectivity index (χ1n) is 10.8. The number of benzene rings is 3. The number of carbonyl (C=O) groups is 1. The Hall–Kier alpha value is -2.89. The molecule has 0 saturated carbocycles. The smallest absolute Gasteiger partial charge is 0.257 e. The first kappa shape index (κ1) is 22.3. The van der Waals surface area contributed by atoms with Crippen LogP contribution >= 0.6 is 11.6 Å². The number of hydrogen-bond acceptors (Lipinski definition) is 3. The van der Waals surface area contributed by atoms with Crippen LogP contribution in [-0.4, -0.2) is 30.0 Å². The minimum Gasteiger partial charge on any atom is -0.490 e. The first-order valence-corrected chi connectivity index (χ1v) is 11.1. The Labute approximate surface area is 193 Å². The van der Waals surface area contributed by atoms with Crippen molar-refractivity contribution in [3.63, 3.8) is 0 Å². The van der Waals surface area contributed by atoms with E-state index < -0.39 is 11.7 Å². The Morgan fingerprint density at radius 1 is 1.12 bits per heavy atom. The summed E-state index contributed by atoms with van der Waals surface area (Å²) in [4.78, 5) is 15.0. The number of carbonyl (C=O) groups excluding carboxylic acids is 1. The van der Waals surface area contributed by atoms with Crippen molar-refractivity contribution in [1.29, 1.82) is 0 Å². The van der Waals surface area contributed by atoms with Gasteiger partial charge in [-0.15, -0.1) is 0 Å². The summed E-state index contributed by atoms with van der Waals surface area (Å²) in [5, 5.41) is 2.88. The molecule has 1 heterocycles. The second-order valence-corrected chi connectivity index (χ2v) is 8.66. The van der Waals surface area contributed by atoms with E-state index in [1.807, 2.05) is 18.2 Å². The molecule has 2 atom stereocenters. The van der Waals surface area contributed by atoms with E-state index in [9.17, 15) is 9.18 Å². The van der Waals surface area contributed by atoms with Gasteiger partial charge in [-0.2, -0.15) is 0 Å². The molecule has 4 nitrogen and oxygen atoms in total. The third kappa shape index (κ3) is 5.67. The maximum atomic E-state index is 13.2. The molecule has 1 aliphatic heterocycles. The van der Waals surface area contributed by atoms with Crippen molar-refractivity contribution in [1.82, 2.24) is 4.90 Å². The number of nitrogens with zero attached hydrogens (tertiary/aromatic N) is 1. The number of piperidine rings is 1. The fourth-order valence-corrected chi connectivity index (χ4v) is 4.32. The monoisotopic (exact) mass is 452 g/mol. The highest BCUT2D eigenvalue weighted by Gasteiger charge is 2.27. The molecular weight excluding hydrogens is 427 g/mol.